The van der Waals surface area contributed by atoms with Crippen molar-refractivity contribution in [1.29, 1.82) is 0 Å². The van der Waals surface area contributed by atoms with Crippen LogP contribution in [0.5, 0.6) is 0 Å². The van der Waals surface area contributed by atoms with Crippen molar-refractivity contribution in [2.24, 2.45) is 0 Å². The second kappa shape index (κ2) is 3.07. The van der Waals surface area contributed by atoms with E-state index in [1.54, 1.807) is 7.05 Å². The lowest BCUT2D eigenvalue weighted by Crippen LogP contribution is -2.17. The first kappa shape index (κ1) is 9.68. The molecule has 0 aliphatic carbocycles. The summed E-state index contributed by atoms with van der Waals surface area (Å²) >= 11 is 0. The van der Waals surface area contributed by atoms with Gasteiger partial charge in [0.15, 0.2) is 9.84 Å². The fraction of sp³-hybridized carbons (Fsp3) is 0.400. The molecule has 0 fully saturated rings. The van der Waals surface area contributed by atoms with Gasteiger partial charge in [-0.05, 0) is 25.1 Å². The average molecular weight is 211 g/mol. The lowest BCUT2D eigenvalue weighted by molar-refractivity contribution is 0.591. The highest BCUT2D eigenvalue weighted by Gasteiger charge is 2.34. The van der Waals surface area contributed by atoms with E-state index in [1.807, 2.05) is 25.1 Å². The maximum Gasteiger partial charge on any atom is 0.180 e. The zero-order valence-corrected chi connectivity index (χ0v) is 9.06. The lowest BCUT2D eigenvalue weighted by Gasteiger charge is -2.07. The van der Waals surface area contributed by atoms with Crippen LogP contribution in [0.1, 0.15) is 17.2 Å². The minimum Gasteiger partial charge on any atom is -0.312 e. The quantitative estimate of drug-likeness (QED) is 0.755. The molecule has 0 spiro atoms. The van der Waals surface area contributed by atoms with Gasteiger partial charge < -0.3 is 5.32 Å². The molecule has 1 aliphatic rings. The summed E-state index contributed by atoms with van der Waals surface area (Å²) in [4.78, 5) is 0.527. The number of sulfone groups is 1. The molecule has 1 unspecified atom stereocenters. The van der Waals surface area contributed by atoms with Crippen LogP contribution in [-0.4, -0.2) is 21.2 Å². The van der Waals surface area contributed by atoms with Gasteiger partial charge in [-0.3, -0.25) is 0 Å². The van der Waals surface area contributed by atoms with Crippen molar-refractivity contribution in [1.82, 2.24) is 5.32 Å². The first-order valence-electron chi connectivity index (χ1n) is 4.56. The molecule has 14 heavy (non-hydrogen) atoms. The number of benzene rings is 1. The summed E-state index contributed by atoms with van der Waals surface area (Å²) < 4.78 is 23.6. The molecule has 4 heteroatoms. The van der Waals surface area contributed by atoms with Gasteiger partial charge >= 0.3 is 0 Å². The van der Waals surface area contributed by atoms with Gasteiger partial charge in [0.25, 0.3) is 0 Å². The van der Waals surface area contributed by atoms with E-state index in [2.05, 4.69) is 5.32 Å². The van der Waals surface area contributed by atoms with Crippen LogP contribution < -0.4 is 5.32 Å². The third-order valence-electron chi connectivity index (χ3n) is 2.66. The molecule has 1 aliphatic heterocycles. The van der Waals surface area contributed by atoms with Gasteiger partial charge in [0.05, 0.1) is 10.6 Å². The van der Waals surface area contributed by atoms with Crippen LogP contribution in [0.2, 0.25) is 0 Å². The van der Waals surface area contributed by atoms with Gasteiger partial charge in [-0.25, -0.2) is 8.42 Å². The van der Waals surface area contributed by atoms with Crippen LogP contribution >= 0.6 is 0 Å². The summed E-state index contributed by atoms with van der Waals surface area (Å²) in [5.41, 5.74) is 1.76. The average Bonchev–Trinajstić information content (AvgIpc) is 2.39. The minimum atomic E-state index is -3.06. The Morgan fingerprint density at radius 2 is 2.14 bits per heavy atom. The highest BCUT2D eigenvalue weighted by molar-refractivity contribution is 7.91. The molecule has 1 aromatic rings. The lowest BCUT2D eigenvalue weighted by atomic mass is 10.1. The molecular formula is C10H13NO2S. The summed E-state index contributed by atoms with van der Waals surface area (Å²) in [6.07, 6.45) is 0. The molecular weight excluding hydrogens is 198 g/mol. The van der Waals surface area contributed by atoms with E-state index < -0.39 is 9.84 Å². The van der Waals surface area contributed by atoms with Crippen LogP contribution in [0, 0.1) is 6.92 Å². The predicted octanol–water partition coefficient (Wildman–Crippen LogP) is 1.04. The Labute approximate surface area is 84.1 Å². The van der Waals surface area contributed by atoms with Crippen LogP contribution in [0.3, 0.4) is 0 Å². The summed E-state index contributed by atoms with van der Waals surface area (Å²) in [6, 6.07) is 5.58. The van der Waals surface area contributed by atoms with E-state index in [0.717, 1.165) is 11.1 Å². The number of nitrogens with one attached hydrogen (secondary N) is 1. The summed E-state index contributed by atoms with van der Waals surface area (Å²) in [6.45, 7) is 1.84. The highest BCUT2D eigenvalue weighted by atomic mass is 32.2. The molecule has 2 rings (SSSR count). The molecule has 1 N–H and O–H groups in total. The predicted molar refractivity (Wildman–Crippen MR) is 55.0 cm³/mol. The maximum atomic E-state index is 11.8. The Balaban J connectivity index is 2.72. The van der Waals surface area contributed by atoms with Crippen LogP contribution in [0.4, 0.5) is 0 Å². The van der Waals surface area contributed by atoms with E-state index in [4.69, 9.17) is 0 Å². The van der Waals surface area contributed by atoms with Crippen LogP contribution in [0.15, 0.2) is 23.1 Å². The molecule has 0 saturated heterocycles. The number of aryl methyl sites for hydroxylation is 1. The van der Waals surface area contributed by atoms with Crippen molar-refractivity contribution in [2.45, 2.75) is 17.9 Å². The summed E-state index contributed by atoms with van der Waals surface area (Å²) in [7, 11) is -1.27. The van der Waals surface area contributed by atoms with E-state index in [1.165, 1.54) is 0 Å². The minimum absolute atomic E-state index is 0.0464. The van der Waals surface area contributed by atoms with E-state index in [-0.39, 0.29) is 11.8 Å². The molecule has 1 atom stereocenters. The standard InChI is InChI=1S/C10H13NO2S/c1-7-4-3-5-8-9(11-2)6-14(12,13)10(7)8/h3-5,9,11H,6H2,1-2H3. The molecule has 3 nitrogen and oxygen atoms in total. The summed E-state index contributed by atoms with van der Waals surface area (Å²) in [5, 5.41) is 3.02. The number of fused-ring (bicyclic) bond motifs is 1. The van der Waals surface area contributed by atoms with Crippen LogP contribution in [0.25, 0.3) is 0 Å². The number of hydrogen-bond acceptors (Lipinski definition) is 3. The third kappa shape index (κ3) is 1.26. The Kier molecular flexibility index (Phi) is 2.12. The zero-order valence-electron chi connectivity index (χ0n) is 8.24. The molecule has 0 saturated carbocycles. The molecule has 1 heterocycles. The van der Waals surface area contributed by atoms with E-state index in [0.29, 0.717) is 4.90 Å². The second-order valence-corrected chi connectivity index (χ2v) is 5.59. The smallest absolute Gasteiger partial charge is 0.180 e. The summed E-state index contributed by atoms with van der Waals surface area (Å²) in [5.74, 6) is 0.184. The van der Waals surface area contributed by atoms with Gasteiger partial charge in [0, 0.05) is 6.04 Å². The van der Waals surface area contributed by atoms with Crippen molar-refractivity contribution in [3.8, 4) is 0 Å². The van der Waals surface area contributed by atoms with Crippen molar-refractivity contribution >= 4 is 9.84 Å². The highest BCUT2D eigenvalue weighted by Crippen LogP contribution is 2.34. The zero-order chi connectivity index (χ0) is 10.3. The number of rotatable bonds is 1. The van der Waals surface area contributed by atoms with Gasteiger partial charge in [-0.2, -0.15) is 0 Å². The van der Waals surface area contributed by atoms with Crippen molar-refractivity contribution in [3.63, 3.8) is 0 Å². The van der Waals surface area contributed by atoms with Crippen molar-refractivity contribution < 1.29 is 8.42 Å². The van der Waals surface area contributed by atoms with E-state index in [9.17, 15) is 8.42 Å². The third-order valence-corrected chi connectivity index (χ3v) is 4.62. The topological polar surface area (TPSA) is 46.2 Å². The molecule has 1 aromatic carbocycles. The molecule has 76 valence electrons. The second-order valence-electron chi connectivity index (χ2n) is 3.62. The molecule has 0 radical (unpaired) electrons. The SMILES string of the molecule is CNC1CS(=O)(=O)c2c(C)cccc21. The van der Waals surface area contributed by atoms with Crippen molar-refractivity contribution in [2.75, 3.05) is 12.8 Å². The maximum absolute atomic E-state index is 11.8. The van der Waals surface area contributed by atoms with Crippen molar-refractivity contribution in [3.05, 3.63) is 29.3 Å². The molecule has 0 aromatic heterocycles. The Morgan fingerprint density at radius 3 is 2.79 bits per heavy atom. The normalized spacial score (nSPS) is 23.4. The largest absolute Gasteiger partial charge is 0.312 e. The Hall–Kier alpha value is -0.870. The monoisotopic (exact) mass is 211 g/mol. The van der Waals surface area contributed by atoms with Gasteiger partial charge in [-0.1, -0.05) is 18.2 Å². The fourth-order valence-electron chi connectivity index (χ4n) is 2.01. The van der Waals surface area contributed by atoms with Gasteiger partial charge in [-0.15, -0.1) is 0 Å². The molecule has 0 bridgehead atoms. The Bertz CT molecular complexity index is 465. The molecule has 0 amide bonds. The first-order valence-corrected chi connectivity index (χ1v) is 6.21. The van der Waals surface area contributed by atoms with Gasteiger partial charge in [0.2, 0.25) is 0 Å². The van der Waals surface area contributed by atoms with Gasteiger partial charge in [0.1, 0.15) is 0 Å². The van der Waals surface area contributed by atoms with Crippen LogP contribution in [-0.2, 0) is 9.84 Å². The number of hydrogen-bond donors (Lipinski definition) is 1. The first-order chi connectivity index (χ1) is 6.56. The Morgan fingerprint density at radius 1 is 1.43 bits per heavy atom. The fourth-order valence-corrected chi connectivity index (χ4v) is 4.09. The van der Waals surface area contributed by atoms with E-state index >= 15 is 0 Å².